The topological polar surface area (TPSA) is 23.6 Å². The van der Waals surface area contributed by atoms with E-state index in [1.807, 2.05) is 55.4 Å². The van der Waals surface area contributed by atoms with Gasteiger partial charge in [-0.15, -0.1) is 0 Å². The largest absolute Gasteiger partial charge is 0.383 e. The lowest BCUT2D eigenvalue weighted by Gasteiger charge is -2.29. The van der Waals surface area contributed by atoms with Gasteiger partial charge in [0.25, 0.3) is 5.91 Å². The average Bonchev–Trinajstić information content (AvgIpc) is 2.62. The van der Waals surface area contributed by atoms with E-state index >= 15 is 0 Å². The number of amides is 1. The number of likely N-dealkylation sites (N-methyl/N-ethyl adjacent to an activating group) is 1. The number of fused-ring (bicyclic) bond motifs is 1. The molecule has 3 nitrogen and oxygen atoms in total. The molecule has 0 unspecified atom stereocenters. The predicted molar refractivity (Wildman–Crippen MR) is 109 cm³/mol. The van der Waals surface area contributed by atoms with Crippen molar-refractivity contribution in [3.63, 3.8) is 0 Å². The van der Waals surface area contributed by atoms with Gasteiger partial charge in [-0.05, 0) is 23.3 Å². The van der Waals surface area contributed by atoms with E-state index in [1.165, 1.54) is 0 Å². The Morgan fingerprint density at radius 2 is 1.68 bits per heavy atom. The molecular weight excluding hydrogens is 328 g/mol. The van der Waals surface area contributed by atoms with Crippen LogP contribution in [0.15, 0.2) is 60.3 Å². The third kappa shape index (κ3) is 3.54. The van der Waals surface area contributed by atoms with Gasteiger partial charge < -0.3 is 9.80 Å². The summed E-state index contributed by atoms with van der Waals surface area (Å²) >= 11 is 5.60. The first-order valence-electron chi connectivity index (χ1n) is 8.05. The SMILES string of the molecule is CN(C)C=C1C(=O)N(C)c2ccc(C=Cc3ccccc3)cc2C1=S. The molecule has 0 bridgehead atoms. The molecule has 0 fully saturated rings. The Hall–Kier alpha value is -2.72. The predicted octanol–water partition coefficient (Wildman–Crippen LogP) is 4.00. The highest BCUT2D eigenvalue weighted by atomic mass is 32.1. The van der Waals surface area contributed by atoms with Gasteiger partial charge in [-0.1, -0.05) is 60.8 Å². The fraction of sp³-hybridized carbons (Fsp3) is 0.143. The molecule has 0 saturated heterocycles. The van der Waals surface area contributed by atoms with Crippen LogP contribution in [0, 0.1) is 0 Å². The first kappa shape index (κ1) is 17.1. The Bertz CT molecular complexity index is 882. The van der Waals surface area contributed by atoms with Crippen LogP contribution in [0.25, 0.3) is 12.2 Å². The van der Waals surface area contributed by atoms with Crippen LogP contribution in [0.3, 0.4) is 0 Å². The molecule has 1 aliphatic heterocycles. The number of anilines is 1. The third-order valence-corrected chi connectivity index (χ3v) is 4.50. The molecule has 0 atom stereocenters. The molecule has 25 heavy (non-hydrogen) atoms. The zero-order valence-electron chi connectivity index (χ0n) is 14.6. The molecule has 2 aromatic rings. The molecular formula is C21H20N2OS. The first-order valence-corrected chi connectivity index (χ1v) is 8.46. The van der Waals surface area contributed by atoms with Crippen LogP contribution in [-0.4, -0.2) is 36.8 Å². The van der Waals surface area contributed by atoms with Gasteiger partial charge in [0.2, 0.25) is 0 Å². The van der Waals surface area contributed by atoms with Crippen LogP contribution in [0.1, 0.15) is 16.7 Å². The summed E-state index contributed by atoms with van der Waals surface area (Å²) in [6, 6.07) is 16.2. The minimum absolute atomic E-state index is 0.0706. The van der Waals surface area contributed by atoms with Crippen molar-refractivity contribution in [1.29, 1.82) is 0 Å². The Kier molecular flexibility index (Phi) is 4.81. The number of thiocarbonyl (C=S) groups is 1. The van der Waals surface area contributed by atoms with Crippen molar-refractivity contribution in [2.45, 2.75) is 0 Å². The van der Waals surface area contributed by atoms with Crippen LogP contribution >= 0.6 is 12.2 Å². The molecule has 1 amide bonds. The van der Waals surface area contributed by atoms with E-state index < -0.39 is 0 Å². The lowest BCUT2D eigenvalue weighted by Crippen LogP contribution is -2.37. The van der Waals surface area contributed by atoms with Gasteiger partial charge in [-0.3, -0.25) is 4.79 Å². The van der Waals surface area contributed by atoms with E-state index in [2.05, 4.69) is 24.3 Å². The standard InChI is InChI=1S/C21H20N2OS/c1-22(2)14-18-20(25)17-13-16(10-9-15-7-5-4-6-8-15)11-12-19(17)23(3)21(18)24/h4-14H,1-3H3. The molecule has 126 valence electrons. The molecule has 2 aromatic carbocycles. The summed E-state index contributed by atoms with van der Waals surface area (Å²) in [4.78, 5) is 16.7. The van der Waals surface area contributed by atoms with E-state index in [-0.39, 0.29) is 5.91 Å². The quantitative estimate of drug-likeness (QED) is 0.476. The summed E-state index contributed by atoms with van der Waals surface area (Å²) in [6.45, 7) is 0. The second-order valence-electron chi connectivity index (χ2n) is 6.22. The number of hydrogen-bond donors (Lipinski definition) is 0. The average molecular weight is 348 g/mol. The van der Waals surface area contributed by atoms with E-state index in [4.69, 9.17) is 12.2 Å². The molecule has 0 aliphatic carbocycles. The molecule has 0 saturated carbocycles. The minimum atomic E-state index is -0.0706. The minimum Gasteiger partial charge on any atom is -0.383 e. The van der Waals surface area contributed by atoms with Gasteiger partial charge in [0.1, 0.15) is 0 Å². The maximum absolute atomic E-state index is 12.6. The highest BCUT2D eigenvalue weighted by Crippen LogP contribution is 2.31. The van der Waals surface area contributed by atoms with E-state index in [0.717, 1.165) is 22.4 Å². The van der Waals surface area contributed by atoms with Crippen LogP contribution < -0.4 is 4.90 Å². The molecule has 0 aromatic heterocycles. The van der Waals surface area contributed by atoms with Crippen molar-refractivity contribution < 1.29 is 4.79 Å². The molecule has 1 heterocycles. The second kappa shape index (κ2) is 7.03. The fourth-order valence-electron chi connectivity index (χ4n) is 2.79. The maximum atomic E-state index is 12.6. The van der Waals surface area contributed by atoms with E-state index in [9.17, 15) is 4.79 Å². The van der Waals surface area contributed by atoms with Crippen LogP contribution in [0.4, 0.5) is 5.69 Å². The summed E-state index contributed by atoms with van der Waals surface area (Å²) in [5.74, 6) is -0.0706. The Balaban J connectivity index is 1.99. The lowest BCUT2D eigenvalue weighted by molar-refractivity contribution is -0.114. The molecule has 1 aliphatic rings. The van der Waals surface area contributed by atoms with Crippen LogP contribution in [-0.2, 0) is 4.79 Å². The summed E-state index contributed by atoms with van der Waals surface area (Å²) in [7, 11) is 5.56. The summed E-state index contributed by atoms with van der Waals surface area (Å²) in [6.07, 6.45) is 5.92. The normalized spacial score (nSPS) is 15.8. The zero-order chi connectivity index (χ0) is 18.0. The van der Waals surface area contributed by atoms with Crippen molar-refractivity contribution in [3.05, 3.63) is 77.0 Å². The van der Waals surface area contributed by atoms with Crippen molar-refractivity contribution in [2.75, 3.05) is 26.0 Å². The Morgan fingerprint density at radius 3 is 2.36 bits per heavy atom. The number of benzene rings is 2. The van der Waals surface area contributed by atoms with Gasteiger partial charge >= 0.3 is 0 Å². The highest BCUT2D eigenvalue weighted by molar-refractivity contribution is 7.81. The molecule has 0 radical (unpaired) electrons. The number of carbonyl (C=O) groups is 1. The van der Waals surface area contributed by atoms with E-state index in [0.29, 0.717) is 10.4 Å². The Morgan fingerprint density at radius 1 is 1.00 bits per heavy atom. The number of nitrogens with zero attached hydrogens (tertiary/aromatic N) is 2. The number of carbonyl (C=O) groups excluding carboxylic acids is 1. The van der Waals surface area contributed by atoms with Crippen molar-refractivity contribution in [1.82, 2.24) is 4.90 Å². The highest BCUT2D eigenvalue weighted by Gasteiger charge is 2.30. The Labute approximate surface area is 153 Å². The van der Waals surface area contributed by atoms with Crippen molar-refractivity contribution in [2.24, 2.45) is 0 Å². The zero-order valence-corrected chi connectivity index (χ0v) is 15.4. The van der Waals surface area contributed by atoms with Gasteiger partial charge in [-0.25, -0.2) is 0 Å². The van der Waals surface area contributed by atoms with Gasteiger partial charge in [-0.2, -0.15) is 0 Å². The van der Waals surface area contributed by atoms with Gasteiger partial charge in [0.15, 0.2) is 0 Å². The third-order valence-electron chi connectivity index (χ3n) is 4.06. The number of hydrogen-bond acceptors (Lipinski definition) is 3. The monoisotopic (exact) mass is 348 g/mol. The molecule has 4 heteroatoms. The van der Waals surface area contributed by atoms with Crippen LogP contribution in [0.2, 0.25) is 0 Å². The second-order valence-corrected chi connectivity index (χ2v) is 6.63. The summed E-state index contributed by atoms with van der Waals surface area (Å²) in [5.41, 5.74) is 4.52. The van der Waals surface area contributed by atoms with Gasteiger partial charge in [0.05, 0.1) is 16.1 Å². The van der Waals surface area contributed by atoms with Gasteiger partial charge in [0, 0.05) is 32.9 Å². The summed E-state index contributed by atoms with van der Waals surface area (Å²) < 4.78 is 0. The van der Waals surface area contributed by atoms with Crippen molar-refractivity contribution >= 4 is 40.8 Å². The lowest BCUT2D eigenvalue weighted by atomic mass is 9.95. The van der Waals surface area contributed by atoms with E-state index in [1.54, 1.807) is 18.1 Å². The number of rotatable bonds is 3. The molecule has 0 N–H and O–H groups in total. The molecule has 0 spiro atoms. The van der Waals surface area contributed by atoms with Crippen LogP contribution in [0.5, 0.6) is 0 Å². The maximum Gasteiger partial charge on any atom is 0.260 e. The van der Waals surface area contributed by atoms with Crippen molar-refractivity contribution in [3.8, 4) is 0 Å². The molecule has 3 rings (SSSR count). The first-order chi connectivity index (χ1) is 12.0. The summed E-state index contributed by atoms with van der Waals surface area (Å²) in [5, 5.41) is 0. The fourth-order valence-corrected chi connectivity index (χ4v) is 3.10. The smallest absolute Gasteiger partial charge is 0.260 e.